The molecular formula is C10H9NO2. The van der Waals surface area contributed by atoms with Gasteiger partial charge in [0.05, 0.1) is 11.1 Å². The fourth-order valence-electron chi connectivity index (χ4n) is 1.23. The lowest BCUT2D eigenvalue weighted by atomic mass is 10.0. The summed E-state index contributed by atoms with van der Waals surface area (Å²) in [6.07, 6.45) is 0. The number of nitriles is 1. The summed E-state index contributed by atoms with van der Waals surface area (Å²) in [7, 11) is 0. The van der Waals surface area contributed by atoms with E-state index in [9.17, 15) is 9.90 Å². The predicted molar refractivity (Wildman–Crippen MR) is 47.6 cm³/mol. The maximum atomic E-state index is 11.0. The summed E-state index contributed by atoms with van der Waals surface area (Å²) in [6, 6.07) is 4.93. The number of benzene rings is 1. The molecule has 1 N–H and O–H groups in total. The number of Topliss-reactive ketones (excluding diaryl/α,β-unsaturated/α-hetero) is 1. The number of hydrogen-bond donors (Lipinski definition) is 1. The van der Waals surface area contributed by atoms with Crippen molar-refractivity contribution in [3.63, 3.8) is 0 Å². The van der Waals surface area contributed by atoms with Gasteiger partial charge in [0.1, 0.15) is 11.8 Å². The number of phenols is 1. The lowest BCUT2D eigenvalue weighted by Crippen LogP contribution is -1.97. The van der Waals surface area contributed by atoms with Crippen LogP contribution in [0.15, 0.2) is 12.1 Å². The molecule has 1 aromatic rings. The first kappa shape index (κ1) is 9.27. The van der Waals surface area contributed by atoms with Crippen molar-refractivity contribution in [2.75, 3.05) is 0 Å². The third kappa shape index (κ3) is 1.67. The van der Waals surface area contributed by atoms with Crippen molar-refractivity contribution in [1.82, 2.24) is 0 Å². The zero-order valence-corrected chi connectivity index (χ0v) is 7.46. The Hall–Kier alpha value is -1.82. The monoisotopic (exact) mass is 175 g/mol. The molecule has 0 atom stereocenters. The molecule has 0 saturated carbocycles. The smallest absolute Gasteiger partial charge is 0.164 e. The van der Waals surface area contributed by atoms with Gasteiger partial charge in [-0.25, -0.2) is 0 Å². The molecule has 0 aliphatic rings. The Bertz CT molecular complexity index is 402. The largest absolute Gasteiger partial charge is 0.507 e. The molecule has 13 heavy (non-hydrogen) atoms. The molecule has 0 amide bonds. The average molecular weight is 175 g/mol. The third-order valence-electron chi connectivity index (χ3n) is 1.73. The normalized spacial score (nSPS) is 9.31. The fraction of sp³-hybridized carbons (Fsp3) is 0.200. The van der Waals surface area contributed by atoms with Crippen LogP contribution >= 0.6 is 0 Å². The van der Waals surface area contributed by atoms with Crippen LogP contribution < -0.4 is 0 Å². The van der Waals surface area contributed by atoms with Gasteiger partial charge in [0, 0.05) is 0 Å². The Morgan fingerprint density at radius 2 is 2.15 bits per heavy atom. The van der Waals surface area contributed by atoms with E-state index in [4.69, 9.17) is 5.26 Å². The van der Waals surface area contributed by atoms with E-state index in [0.29, 0.717) is 0 Å². The number of hydrogen-bond acceptors (Lipinski definition) is 3. The minimum atomic E-state index is -0.297. The Balaban J connectivity index is 3.50. The first-order valence-electron chi connectivity index (χ1n) is 3.81. The van der Waals surface area contributed by atoms with E-state index < -0.39 is 0 Å². The van der Waals surface area contributed by atoms with Crippen LogP contribution in [0.4, 0.5) is 0 Å². The van der Waals surface area contributed by atoms with Gasteiger partial charge in [0.25, 0.3) is 0 Å². The van der Waals surface area contributed by atoms with E-state index in [1.165, 1.54) is 13.0 Å². The lowest BCUT2D eigenvalue weighted by molar-refractivity contribution is 0.101. The SMILES string of the molecule is CC(=O)c1c(O)cc(C)cc1C#N. The summed E-state index contributed by atoms with van der Waals surface area (Å²) in [5, 5.41) is 18.1. The second-order valence-corrected chi connectivity index (χ2v) is 2.87. The predicted octanol–water partition coefficient (Wildman–Crippen LogP) is 1.77. The molecule has 0 aliphatic heterocycles. The summed E-state index contributed by atoms with van der Waals surface area (Å²) in [5.41, 5.74) is 1.09. The zero-order valence-electron chi connectivity index (χ0n) is 7.46. The van der Waals surface area contributed by atoms with Crippen LogP contribution in [0.2, 0.25) is 0 Å². The van der Waals surface area contributed by atoms with E-state index in [-0.39, 0.29) is 22.7 Å². The van der Waals surface area contributed by atoms with Gasteiger partial charge in [0.2, 0.25) is 0 Å². The molecule has 0 bridgehead atoms. The minimum Gasteiger partial charge on any atom is -0.507 e. The van der Waals surface area contributed by atoms with Gasteiger partial charge in [-0.15, -0.1) is 0 Å². The first-order valence-corrected chi connectivity index (χ1v) is 3.81. The Labute approximate surface area is 76.2 Å². The standard InChI is InChI=1S/C10H9NO2/c1-6-3-8(5-11)10(7(2)12)9(13)4-6/h3-4,13H,1-2H3. The van der Waals surface area contributed by atoms with Crippen molar-refractivity contribution >= 4 is 5.78 Å². The number of carbonyl (C=O) groups is 1. The van der Waals surface area contributed by atoms with Crippen molar-refractivity contribution in [3.05, 3.63) is 28.8 Å². The molecule has 0 heterocycles. The highest BCUT2D eigenvalue weighted by Gasteiger charge is 2.12. The highest BCUT2D eigenvalue weighted by Crippen LogP contribution is 2.23. The Morgan fingerprint density at radius 3 is 2.62 bits per heavy atom. The summed E-state index contributed by atoms with van der Waals surface area (Å²) in [6.45, 7) is 3.08. The molecule has 3 heteroatoms. The third-order valence-corrected chi connectivity index (χ3v) is 1.73. The molecule has 1 aromatic carbocycles. The van der Waals surface area contributed by atoms with Crippen molar-refractivity contribution in [1.29, 1.82) is 5.26 Å². The number of phenolic OH excluding ortho intramolecular Hbond substituents is 1. The second kappa shape index (κ2) is 3.28. The average Bonchev–Trinajstić information content (AvgIpc) is 2.01. The summed E-state index contributed by atoms with van der Waals surface area (Å²) >= 11 is 0. The van der Waals surface area contributed by atoms with Crippen LogP contribution in [-0.4, -0.2) is 10.9 Å². The maximum Gasteiger partial charge on any atom is 0.164 e. The van der Waals surface area contributed by atoms with Gasteiger partial charge >= 0.3 is 0 Å². The molecule has 3 nitrogen and oxygen atoms in total. The fourth-order valence-corrected chi connectivity index (χ4v) is 1.23. The van der Waals surface area contributed by atoms with Gasteiger partial charge in [-0.3, -0.25) is 4.79 Å². The van der Waals surface area contributed by atoms with E-state index in [0.717, 1.165) is 5.56 Å². The Kier molecular flexibility index (Phi) is 2.34. The van der Waals surface area contributed by atoms with Crippen molar-refractivity contribution < 1.29 is 9.90 Å². The summed E-state index contributed by atoms with van der Waals surface area (Å²) in [5.74, 6) is -0.418. The maximum absolute atomic E-state index is 11.0. The van der Waals surface area contributed by atoms with Crippen molar-refractivity contribution in [3.8, 4) is 11.8 Å². The van der Waals surface area contributed by atoms with Crippen molar-refractivity contribution in [2.24, 2.45) is 0 Å². The molecule has 0 fully saturated rings. The molecular weight excluding hydrogens is 166 g/mol. The summed E-state index contributed by atoms with van der Waals surface area (Å²) < 4.78 is 0. The Morgan fingerprint density at radius 1 is 1.54 bits per heavy atom. The first-order chi connectivity index (χ1) is 6.06. The van der Waals surface area contributed by atoms with E-state index in [2.05, 4.69) is 0 Å². The van der Waals surface area contributed by atoms with Crippen molar-refractivity contribution in [2.45, 2.75) is 13.8 Å². The van der Waals surface area contributed by atoms with Crippen LogP contribution in [0.25, 0.3) is 0 Å². The van der Waals surface area contributed by atoms with Gasteiger partial charge in [-0.05, 0) is 31.5 Å². The van der Waals surface area contributed by atoms with Crippen LogP contribution in [-0.2, 0) is 0 Å². The number of aryl methyl sites for hydroxylation is 1. The highest BCUT2D eigenvalue weighted by atomic mass is 16.3. The molecule has 1 rings (SSSR count). The number of ketones is 1. The van der Waals surface area contributed by atoms with E-state index >= 15 is 0 Å². The number of rotatable bonds is 1. The summed E-state index contributed by atoms with van der Waals surface area (Å²) in [4.78, 5) is 11.0. The number of aromatic hydroxyl groups is 1. The number of carbonyl (C=O) groups excluding carboxylic acids is 1. The van der Waals surface area contributed by atoms with E-state index in [1.54, 1.807) is 13.0 Å². The molecule has 0 spiro atoms. The van der Waals surface area contributed by atoms with Gasteiger partial charge < -0.3 is 5.11 Å². The van der Waals surface area contributed by atoms with Crippen LogP contribution in [0.5, 0.6) is 5.75 Å². The van der Waals surface area contributed by atoms with Gasteiger partial charge in [0.15, 0.2) is 5.78 Å². The zero-order chi connectivity index (χ0) is 10.0. The molecule has 0 unspecified atom stereocenters. The molecule has 0 aromatic heterocycles. The minimum absolute atomic E-state index is 0.105. The topological polar surface area (TPSA) is 61.1 Å². The highest BCUT2D eigenvalue weighted by molar-refractivity contribution is 5.99. The number of nitrogens with zero attached hydrogens (tertiary/aromatic N) is 1. The van der Waals surface area contributed by atoms with E-state index in [1.807, 2.05) is 6.07 Å². The molecule has 0 radical (unpaired) electrons. The second-order valence-electron chi connectivity index (χ2n) is 2.87. The van der Waals surface area contributed by atoms with Crippen LogP contribution in [0.3, 0.4) is 0 Å². The molecule has 0 saturated heterocycles. The van der Waals surface area contributed by atoms with Crippen LogP contribution in [0, 0.1) is 18.3 Å². The lowest BCUT2D eigenvalue weighted by Gasteiger charge is -2.03. The molecule has 66 valence electrons. The van der Waals surface area contributed by atoms with Crippen LogP contribution in [0.1, 0.15) is 28.4 Å². The molecule has 0 aliphatic carbocycles. The quantitative estimate of drug-likeness (QED) is 0.661. The van der Waals surface area contributed by atoms with Gasteiger partial charge in [-0.1, -0.05) is 0 Å². The van der Waals surface area contributed by atoms with Gasteiger partial charge in [-0.2, -0.15) is 5.26 Å².